The molecule has 0 saturated heterocycles. The molecule has 27 heavy (non-hydrogen) atoms. The lowest BCUT2D eigenvalue weighted by molar-refractivity contribution is -0.148. The second-order valence-corrected chi connectivity index (χ2v) is 5.49. The summed E-state index contributed by atoms with van der Waals surface area (Å²) in [4.78, 5) is 24.0. The van der Waals surface area contributed by atoms with Gasteiger partial charge in [-0.25, -0.2) is 9.18 Å². The van der Waals surface area contributed by atoms with Crippen LogP contribution in [-0.2, 0) is 14.3 Å². The summed E-state index contributed by atoms with van der Waals surface area (Å²) in [7, 11) is 3.03. The van der Waals surface area contributed by atoms with Crippen molar-refractivity contribution in [1.82, 2.24) is 0 Å². The number of halogens is 1. The van der Waals surface area contributed by atoms with Gasteiger partial charge in [-0.05, 0) is 43.3 Å². The molecule has 1 N–H and O–H groups in total. The molecule has 6 nitrogen and oxygen atoms in total. The summed E-state index contributed by atoms with van der Waals surface area (Å²) >= 11 is 0. The Hall–Kier alpha value is -3.35. The lowest BCUT2D eigenvalue weighted by atomic mass is 10.1. The number of rotatable bonds is 7. The van der Waals surface area contributed by atoms with Crippen molar-refractivity contribution in [2.45, 2.75) is 13.0 Å². The molecule has 0 heterocycles. The van der Waals surface area contributed by atoms with Crippen LogP contribution in [0, 0.1) is 5.82 Å². The van der Waals surface area contributed by atoms with E-state index < -0.39 is 23.8 Å². The third-order valence-corrected chi connectivity index (χ3v) is 3.63. The summed E-state index contributed by atoms with van der Waals surface area (Å²) in [6.07, 6.45) is 1.56. The summed E-state index contributed by atoms with van der Waals surface area (Å²) in [6.45, 7) is 1.40. The van der Waals surface area contributed by atoms with Crippen LogP contribution >= 0.6 is 0 Å². The highest BCUT2D eigenvalue weighted by Crippen LogP contribution is 2.25. The molecule has 142 valence electrons. The number of carbonyl (C=O) groups is 2. The monoisotopic (exact) mass is 373 g/mol. The van der Waals surface area contributed by atoms with Crippen LogP contribution in [-0.4, -0.2) is 32.2 Å². The number of amides is 1. The Bertz CT molecular complexity index is 850. The van der Waals surface area contributed by atoms with E-state index in [1.165, 1.54) is 51.5 Å². The molecule has 2 rings (SSSR count). The van der Waals surface area contributed by atoms with E-state index in [0.717, 1.165) is 0 Å². The van der Waals surface area contributed by atoms with E-state index in [0.29, 0.717) is 17.1 Å². The fourth-order valence-electron chi connectivity index (χ4n) is 2.19. The molecule has 0 aliphatic carbocycles. The molecule has 0 bridgehead atoms. The quantitative estimate of drug-likeness (QED) is 0.595. The van der Waals surface area contributed by atoms with Gasteiger partial charge >= 0.3 is 5.97 Å². The first-order valence-electron chi connectivity index (χ1n) is 8.10. The Morgan fingerprint density at radius 1 is 1.11 bits per heavy atom. The van der Waals surface area contributed by atoms with Gasteiger partial charge in [-0.3, -0.25) is 4.79 Å². The van der Waals surface area contributed by atoms with Crippen molar-refractivity contribution in [3.8, 4) is 11.5 Å². The minimum atomic E-state index is -1.10. The molecule has 0 aliphatic heterocycles. The smallest absolute Gasteiger partial charge is 0.331 e. The Kier molecular flexibility index (Phi) is 6.93. The Labute approximate surface area is 156 Å². The van der Waals surface area contributed by atoms with Gasteiger partial charge in [0.2, 0.25) is 0 Å². The highest BCUT2D eigenvalue weighted by Gasteiger charge is 2.18. The molecule has 0 unspecified atom stereocenters. The number of esters is 1. The maximum absolute atomic E-state index is 13.6. The molecule has 0 aliphatic rings. The fourth-order valence-corrected chi connectivity index (χ4v) is 2.19. The molecule has 1 atom stereocenters. The number of benzene rings is 2. The van der Waals surface area contributed by atoms with Crippen molar-refractivity contribution in [3.63, 3.8) is 0 Å². The van der Waals surface area contributed by atoms with Gasteiger partial charge in [0.15, 0.2) is 6.10 Å². The van der Waals surface area contributed by atoms with E-state index in [1.807, 2.05) is 0 Å². The highest BCUT2D eigenvalue weighted by atomic mass is 19.1. The van der Waals surface area contributed by atoms with Gasteiger partial charge in [0.25, 0.3) is 5.91 Å². The average Bonchev–Trinajstić information content (AvgIpc) is 2.67. The summed E-state index contributed by atoms with van der Waals surface area (Å²) in [5.41, 5.74) is 0.624. The van der Waals surface area contributed by atoms with Crippen molar-refractivity contribution < 1.29 is 28.2 Å². The zero-order valence-electron chi connectivity index (χ0n) is 15.2. The van der Waals surface area contributed by atoms with E-state index in [9.17, 15) is 14.0 Å². The average molecular weight is 373 g/mol. The SMILES string of the molecule is COc1ccc(OC)c(/C=C/C(=O)O[C@H](C)C(=O)Nc2ccccc2F)c1. The van der Waals surface area contributed by atoms with Crippen molar-refractivity contribution in [1.29, 1.82) is 0 Å². The largest absolute Gasteiger partial charge is 0.497 e. The molecule has 0 spiro atoms. The second-order valence-electron chi connectivity index (χ2n) is 5.49. The topological polar surface area (TPSA) is 73.9 Å². The minimum Gasteiger partial charge on any atom is -0.497 e. The summed E-state index contributed by atoms with van der Waals surface area (Å²) in [6, 6.07) is 10.8. The van der Waals surface area contributed by atoms with Gasteiger partial charge in [-0.2, -0.15) is 0 Å². The van der Waals surface area contributed by atoms with Crippen LogP contribution in [0.1, 0.15) is 12.5 Å². The zero-order valence-corrected chi connectivity index (χ0v) is 15.2. The number of hydrogen-bond donors (Lipinski definition) is 1. The maximum Gasteiger partial charge on any atom is 0.331 e. The molecular formula is C20H20FNO5. The van der Waals surface area contributed by atoms with Crippen LogP contribution in [0.15, 0.2) is 48.5 Å². The number of para-hydroxylation sites is 1. The van der Waals surface area contributed by atoms with Crippen LogP contribution in [0.4, 0.5) is 10.1 Å². The van der Waals surface area contributed by atoms with Crippen molar-refractivity contribution in [2.75, 3.05) is 19.5 Å². The molecule has 0 aromatic heterocycles. The Morgan fingerprint density at radius 2 is 1.85 bits per heavy atom. The first kappa shape index (κ1) is 20.0. The fraction of sp³-hybridized carbons (Fsp3) is 0.200. The van der Waals surface area contributed by atoms with Gasteiger partial charge in [0.1, 0.15) is 17.3 Å². The predicted molar refractivity (Wildman–Crippen MR) is 99.2 cm³/mol. The predicted octanol–water partition coefficient (Wildman–Crippen LogP) is 3.43. The van der Waals surface area contributed by atoms with Gasteiger partial charge in [-0.1, -0.05) is 12.1 Å². The summed E-state index contributed by atoms with van der Waals surface area (Å²) < 4.78 is 29.0. The molecule has 7 heteroatoms. The van der Waals surface area contributed by atoms with Gasteiger partial charge in [-0.15, -0.1) is 0 Å². The number of anilines is 1. The summed E-state index contributed by atoms with van der Waals surface area (Å²) in [5.74, 6) is -0.794. The molecule has 1 amide bonds. The first-order chi connectivity index (χ1) is 12.9. The molecule has 0 saturated carbocycles. The Balaban J connectivity index is 1.99. The normalized spacial score (nSPS) is 11.7. The summed E-state index contributed by atoms with van der Waals surface area (Å²) in [5, 5.41) is 2.37. The third-order valence-electron chi connectivity index (χ3n) is 3.63. The van der Waals surface area contributed by atoms with Crippen molar-refractivity contribution in [2.24, 2.45) is 0 Å². The second kappa shape index (κ2) is 9.38. The van der Waals surface area contributed by atoms with E-state index in [-0.39, 0.29) is 5.69 Å². The van der Waals surface area contributed by atoms with Crippen LogP contribution < -0.4 is 14.8 Å². The number of methoxy groups -OCH3 is 2. The van der Waals surface area contributed by atoms with Gasteiger partial charge in [0.05, 0.1) is 19.9 Å². The van der Waals surface area contributed by atoms with Crippen molar-refractivity contribution >= 4 is 23.6 Å². The lowest BCUT2D eigenvalue weighted by Crippen LogP contribution is -2.29. The number of ether oxygens (including phenoxy) is 3. The number of hydrogen-bond acceptors (Lipinski definition) is 5. The third kappa shape index (κ3) is 5.57. The van der Waals surface area contributed by atoms with Gasteiger partial charge in [0, 0.05) is 11.6 Å². The lowest BCUT2D eigenvalue weighted by Gasteiger charge is -2.13. The van der Waals surface area contributed by atoms with Crippen LogP contribution in [0.25, 0.3) is 6.08 Å². The zero-order chi connectivity index (χ0) is 19.8. The minimum absolute atomic E-state index is 0.0158. The van der Waals surface area contributed by atoms with E-state index in [4.69, 9.17) is 14.2 Å². The van der Waals surface area contributed by atoms with E-state index >= 15 is 0 Å². The van der Waals surface area contributed by atoms with Crippen molar-refractivity contribution in [3.05, 3.63) is 59.9 Å². The molecule has 2 aromatic carbocycles. The Morgan fingerprint density at radius 3 is 2.52 bits per heavy atom. The van der Waals surface area contributed by atoms with Crippen LogP contribution in [0.5, 0.6) is 11.5 Å². The molecular weight excluding hydrogens is 353 g/mol. The highest BCUT2D eigenvalue weighted by molar-refractivity contribution is 5.96. The molecule has 2 aromatic rings. The molecule has 0 fully saturated rings. The van der Waals surface area contributed by atoms with Crippen LogP contribution in [0.2, 0.25) is 0 Å². The maximum atomic E-state index is 13.6. The van der Waals surface area contributed by atoms with E-state index in [2.05, 4.69) is 5.32 Å². The van der Waals surface area contributed by atoms with E-state index in [1.54, 1.807) is 24.3 Å². The van der Waals surface area contributed by atoms with Gasteiger partial charge < -0.3 is 19.5 Å². The standard InChI is InChI=1S/C20H20FNO5/c1-13(20(24)22-17-7-5-4-6-16(17)21)27-19(23)11-8-14-12-15(25-2)9-10-18(14)26-3/h4-13H,1-3H3,(H,22,24)/b11-8+/t13-/m1/s1. The van der Waals surface area contributed by atoms with Crippen LogP contribution in [0.3, 0.4) is 0 Å². The first-order valence-corrected chi connectivity index (χ1v) is 8.10. The number of nitrogens with one attached hydrogen (secondary N) is 1. The number of carbonyl (C=O) groups excluding carboxylic acids is 2. The molecule has 0 radical (unpaired) electrons.